The minimum Gasteiger partial charge on any atom is -0.458 e. The minimum atomic E-state index is -0.0405. The van der Waals surface area contributed by atoms with E-state index in [1.807, 2.05) is 23.3 Å². The van der Waals surface area contributed by atoms with Crippen LogP contribution in [0, 0.1) is 6.92 Å². The predicted molar refractivity (Wildman–Crippen MR) is 90.0 cm³/mol. The van der Waals surface area contributed by atoms with Crippen molar-refractivity contribution in [3.8, 4) is 6.01 Å². The van der Waals surface area contributed by atoms with E-state index in [2.05, 4.69) is 16.9 Å². The highest BCUT2D eigenvalue weighted by atomic mass is 32.1. The molecular weight excluding hydrogens is 310 g/mol. The van der Waals surface area contributed by atoms with Crippen molar-refractivity contribution in [2.24, 2.45) is 0 Å². The van der Waals surface area contributed by atoms with Gasteiger partial charge in [0.05, 0.1) is 11.4 Å². The van der Waals surface area contributed by atoms with Crippen LogP contribution in [0.1, 0.15) is 40.6 Å². The number of amides is 1. The second-order valence-corrected chi connectivity index (χ2v) is 6.76. The third-order valence-electron chi connectivity index (χ3n) is 3.97. The molecule has 5 nitrogen and oxygen atoms in total. The Morgan fingerprint density at radius 1 is 1.43 bits per heavy atom. The second kappa shape index (κ2) is 7.08. The lowest BCUT2D eigenvalue weighted by Gasteiger charge is -2.32. The van der Waals surface area contributed by atoms with Gasteiger partial charge in [-0.3, -0.25) is 4.79 Å². The van der Waals surface area contributed by atoms with E-state index in [4.69, 9.17) is 4.74 Å². The summed E-state index contributed by atoms with van der Waals surface area (Å²) < 4.78 is 5.86. The van der Waals surface area contributed by atoms with Crippen LogP contribution in [0.3, 0.4) is 0 Å². The Morgan fingerprint density at radius 3 is 2.87 bits per heavy atom. The summed E-state index contributed by atoms with van der Waals surface area (Å²) in [6, 6.07) is 2.35. The molecule has 1 atom stereocenters. The van der Waals surface area contributed by atoms with Crippen LogP contribution in [-0.4, -0.2) is 40.0 Å². The number of hydrogen-bond acceptors (Lipinski definition) is 5. The highest BCUT2D eigenvalue weighted by Crippen LogP contribution is 2.21. The molecule has 23 heavy (non-hydrogen) atoms. The quantitative estimate of drug-likeness (QED) is 0.864. The number of ether oxygens (including phenoxy) is 1. The predicted octanol–water partition coefficient (Wildman–Crippen LogP) is 3.09. The van der Waals surface area contributed by atoms with Crippen molar-refractivity contribution in [2.75, 3.05) is 13.1 Å². The number of rotatable bonds is 4. The van der Waals surface area contributed by atoms with Crippen molar-refractivity contribution < 1.29 is 9.53 Å². The lowest BCUT2D eigenvalue weighted by atomic mass is 10.1. The van der Waals surface area contributed by atoms with Crippen molar-refractivity contribution in [1.82, 2.24) is 14.9 Å². The monoisotopic (exact) mass is 331 g/mol. The largest absolute Gasteiger partial charge is 0.458 e. The molecule has 0 aromatic carbocycles. The molecule has 0 N–H and O–H groups in total. The standard InChI is InChI=1S/C17H21N3O2S/c1-3-13-8-18-17(19-9-13)22-14-5-4-6-20(10-14)16(21)15-7-12(2)11-23-15/h7-9,11,14H,3-6,10H2,1-2H3. The fraction of sp³-hybridized carbons (Fsp3) is 0.471. The first-order chi connectivity index (χ1) is 11.2. The first kappa shape index (κ1) is 15.9. The van der Waals surface area contributed by atoms with Crippen LogP contribution in [0.5, 0.6) is 6.01 Å². The maximum absolute atomic E-state index is 12.5. The Bertz CT molecular complexity index is 669. The molecule has 0 aliphatic carbocycles. The van der Waals surface area contributed by atoms with Gasteiger partial charge in [-0.05, 0) is 48.8 Å². The lowest BCUT2D eigenvalue weighted by Crippen LogP contribution is -2.44. The molecule has 1 unspecified atom stereocenters. The van der Waals surface area contributed by atoms with Crippen LogP contribution >= 0.6 is 11.3 Å². The van der Waals surface area contributed by atoms with Crippen LogP contribution in [0.25, 0.3) is 0 Å². The van der Waals surface area contributed by atoms with Gasteiger partial charge in [0.25, 0.3) is 5.91 Å². The number of aromatic nitrogens is 2. The fourth-order valence-corrected chi connectivity index (χ4v) is 3.52. The zero-order valence-electron chi connectivity index (χ0n) is 13.5. The summed E-state index contributed by atoms with van der Waals surface area (Å²) in [5, 5.41) is 2.01. The average Bonchev–Trinajstić information content (AvgIpc) is 3.01. The Morgan fingerprint density at radius 2 is 2.22 bits per heavy atom. The van der Waals surface area contributed by atoms with Crippen LogP contribution in [0.15, 0.2) is 23.8 Å². The van der Waals surface area contributed by atoms with Gasteiger partial charge in [0.15, 0.2) is 0 Å². The van der Waals surface area contributed by atoms with Crippen molar-refractivity contribution >= 4 is 17.2 Å². The van der Waals surface area contributed by atoms with E-state index in [-0.39, 0.29) is 12.0 Å². The van der Waals surface area contributed by atoms with Gasteiger partial charge < -0.3 is 9.64 Å². The topological polar surface area (TPSA) is 55.3 Å². The summed E-state index contributed by atoms with van der Waals surface area (Å²) in [6.07, 6.45) is 6.32. The number of likely N-dealkylation sites (tertiary alicyclic amines) is 1. The molecule has 0 saturated carbocycles. The maximum atomic E-state index is 12.5. The first-order valence-corrected chi connectivity index (χ1v) is 8.85. The molecule has 3 rings (SSSR count). The van der Waals surface area contributed by atoms with Gasteiger partial charge in [0.2, 0.25) is 0 Å². The lowest BCUT2D eigenvalue weighted by molar-refractivity contribution is 0.0520. The molecule has 1 aliphatic heterocycles. The molecule has 0 spiro atoms. The Hall–Kier alpha value is -1.95. The van der Waals surface area contributed by atoms with Crippen molar-refractivity contribution in [3.05, 3.63) is 39.8 Å². The number of carbonyl (C=O) groups excluding carboxylic acids is 1. The summed E-state index contributed by atoms with van der Waals surface area (Å²) in [6.45, 7) is 5.45. The summed E-state index contributed by atoms with van der Waals surface area (Å²) >= 11 is 1.50. The van der Waals surface area contributed by atoms with Gasteiger partial charge in [0.1, 0.15) is 6.10 Å². The van der Waals surface area contributed by atoms with E-state index in [0.29, 0.717) is 12.6 Å². The molecule has 0 radical (unpaired) electrons. The van der Waals surface area contributed by atoms with Crippen LogP contribution in [0.2, 0.25) is 0 Å². The molecule has 1 saturated heterocycles. The zero-order chi connectivity index (χ0) is 16.2. The molecule has 3 heterocycles. The van der Waals surface area contributed by atoms with E-state index in [1.165, 1.54) is 11.3 Å². The van der Waals surface area contributed by atoms with E-state index in [9.17, 15) is 4.79 Å². The molecule has 2 aromatic rings. The molecule has 1 amide bonds. The summed E-state index contributed by atoms with van der Waals surface area (Å²) in [5.41, 5.74) is 2.22. The normalized spacial score (nSPS) is 18.0. The number of carbonyl (C=O) groups is 1. The number of aryl methyl sites for hydroxylation is 2. The minimum absolute atomic E-state index is 0.0405. The average molecular weight is 331 g/mol. The Balaban J connectivity index is 1.62. The van der Waals surface area contributed by atoms with Crippen molar-refractivity contribution in [1.29, 1.82) is 0 Å². The number of thiophene rings is 1. The maximum Gasteiger partial charge on any atom is 0.316 e. The van der Waals surface area contributed by atoms with E-state index < -0.39 is 0 Å². The summed E-state index contributed by atoms with van der Waals surface area (Å²) in [4.78, 5) is 23.7. The van der Waals surface area contributed by atoms with Crippen molar-refractivity contribution in [2.45, 2.75) is 39.2 Å². The number of piperidine rings is 1. The van der Waals surface area contributed by atoms with E-state index in [1.54, 1.807) is 12.4 Å². The summed E-state index contributed by atoms with van der Waals surface area (Å²) in [7, 11) is 0. The first-order valence-electron chi connectivity index (χ1n) is 7.97. The van der Waals surface area contributed by atoms with Gasteiger partial charge in [-0.2, -0.15) is 0 Å². The van der Waals surface area contributed by atoms with Crippen LogP contribution < -0.4 is 4.74 Å². The van der Waals surface area contributed by atoms with Gasteiger partial charge in [-0.25, -0.2) is 9.97 Å². The Kier molecular flexibility index (Phi) is 4.91. The highest BCUT2D eigenvalue weighted by molar-refractivity contribution is 7.12. The molecule has 0 bridgehead atoms. The SMILES string of the molecule is CCc1cnc(OC2CCCN(C(=O)c3cc(C)cs3)C2)nc1. The van der Waals surface area contributed by atoms with Gasteiger partial charge in [-0.1, -0.05) is 6.92 Å². The highest BCUT2D eigenvalue weighted by Gasteiger charge is 2.26. The third kappa shape index (κ3) is 3.88. The second-order valence-electron chi connectivity index (χ2n) is 5.85. The molecule has 2 aromatic heterocycles. The molecular formula is C17H21N3O2S. The molecule has 1 fully saturated rings. The van der Waals surface area contributed by atoms with Crippen molar-refractivity contribution in [3.63, 3.8) is 0 Å². The van der Waals surface area contributed by atoms with E-state index >= 15 is 0 Å². The summed E-state index contributed by atoms with van der Waals surface area (Å²) in [5.74, 6) is 0.0960. The Labute approximate surface area is 140 Å². The fourth-order valence-electron chi connectivity index (χ4n) is 2.65. The van der Waals surface area contributed by atoms with Gasteiger partial charge >= 0.3 is 6.01 Å². The molecule has 122 valence electrons. The number of hydrogen-bond donors (Lipinski definition) is 0. The van der Waals surface area contributed by atoms with Crippen LogP contribution in [0.4, 0.5) is 0 Å². The smallest absolute Gasteiger partial charge is 0.316 e. The molecule has 1 aliphatic rings. The van der Waals surface area contributed by atoms with E-state index in [0.717, 1.165) is 41.8 Å². The van der Waals surface area contributed by atoms with Gasteiger partial charge in [-0.15, -0.1) is 11.3 Å². The van der Waals surface area contributed by atoms with Crippen LogP contribution in [-0.2, 0) is 6.42 Å². The number of nitrogens with zero attached hydrogens (tertiary/aromatic N) is 3. The van der Waals surface area contributed by atoms with Gasteiger partial charge in [0, 0.05) is 18.9 Å². The molecule has 6 heteroatoms. The zero-order valence-corrected chi connectivity index (χ0v) is 14.3. The third-order valence-corrected chi connectivity index (χ3v) is 5.00.